The van der Waals surface area contributed by atoms with Crippen molar-refractivity contribution < 1.29 is 22.7 Å². The molecular weight excluding hydrogens is 356 g/mol. The van der Waals surface area contributed by atoms with E-state index in [0.29, 0.717) is 25.2 Å². The van der Waals surface area contributed by atoms with E-state index < -0.39 is 16.1 Å². The first-order chi connectivity index (χ1) is 12.4. The number of hydrogen-bond donors (Lipinski definition) is 1. The SMILES string of the molecule is COC(=O)N1CCc2ccc(NS(=O)(=O)c3ccccc3OC)cc2C1. The molecule has 0 spiro atoms. The van der Waals surface area contributed by atoms with Crippen LogP contribution in [0.25, 0.3) is 0 Å². The summed E-state index contributed by atoms with van der Waals surface area (Å²) in [4.78, 5) is 13.4. The van der Waals surface area contributed by atoms with Crippen molar-refractivity contribution in [1.82, 2.24) is 4.90 Å². The second-order valence-corrected chi connectivity index (χ2v) is 7.53. The van der Waals surface area contributed by atoms with Gasteiger partial charge in [0.25, 0.3) is 10.0 Å². The normalized spacial score (nSPS) is 13.7. The smallest absolute Gasteiger partial charge is 0.409 e. The Labute approximate surface area is 152 Å². The van der Waals surface area contributed by atoms with Gasteiger partial charge in [0.05, 0.1) is 14.2 Å². The van der Waals surface area contributed by atoms with Crippen LogP contribution in [-0.4, -0.2) is 40.2 Å². The second kappa shape index (κ2) is 7.25. The van der Waals surface area contributed by atoms with Crippen LogP contribution in [0.15, 0.2) is 47.4 Å². The minimum absolute atomic E-state index is 0.0661. The summed E-state index contributed by atoms with van der Waals surface area (Å²) in [5.74, 6) is 0.273. The van der Waals surface area contributed by atoms with Gasteiger partial charge >= 0.3 is 6.09 Å². The fourth-order valence-corrected chi connectivity index (χ4v) is 4.18. The lowest BCUT2D eigenvalue weighted by Crippen LogP contribution is -2.35. The maximum absolute atomic E-state index is 12.7. The van der Waals surface area contributed by atoms with E-state index in [2.05, 4.69) is 4.72 Å². The zero-order valence-electron chi connectivity index (χ0n) is 14.6. The molecule has 7 nitrogen and oxygen atoms in total. The van der Waals surface area contributed by atoms with Crippen molar-refractivity contribution in [2.24, 2.45) is 0 Å². The largest absolute Gasteiger partial charge is 0.495 e. The van der Waals surface area contributed by atoms with E-state index >= 15 is 0 Å². The van der Waals surface area contributed by atoms with Crippen LogP contribution >= 0.6 is 0 Å². The van der Waals surface area contributed by atoms with Gasteiger partial charge in [0.1, 0.15) is 10.6 Å². The minimum Gasteiger partial charge on any atom is -0.495 e. The molecule has 1 heterocycles. The molecule has 2 aromatic carbocycles. The molecule has 3 rings (SSSR count). The molecule has 1 aliphatic rings. The monoisotopic (exact) mass is 376 g/mol. The average molecular weight is 376 g/mol. The van der Waals surface area contributed by atoms with E-state index in [4.69, 9.17) is 9.47 Å². The van der Waals surface area contributed by atoms with Crippen molar-refractivity contribution >= 4 is 21.8 Å². The Morgan fingerprint density at radius 2 is 1.88 bits per heavy atom. The summed E-state index contributed by atoms with van der Waals surface area (Å²) in [5.41, 5.74) is 2.41. The molecule has 0 bridgehead atoms. The molecule has 0 aliphatic carbocycles. The van der Waals surface area contributed by atoms with Crippen LogP contribution in [0.1, 0.15) is 11.1 Å². The number of carbonyl (C=O) groups is 1. The molecule has 0 saturated heterocycles. The number of nitrogens with zero attached hydrogens (tertiary/aromatic N) is 1. The summed E-state index contributed by atoms with van der Waals surface area (Å²) in [6.07, 6.45) is 0.305. The molecule has 0 saturated carbocycles. The summed E-state index contributed by atoms with van der Waals surface area (Å²) in [6.45, 7) is 0.957. The third kappa shape index (κ3) is 3.60. The number of methoxy groups -OCH3 is 2. The topological polar surface area (TPSA) is 84.9 Å². The van der Waals surface area contributed by atoms with Crippen LogP contribution in [0.2, 0.25) is 0 Å². The highest BCUT2D eigenvalue weighted by atomic mass is 32.2. The van der Waals surface area contributed by atoms with Crippen molar-refractivity contribution in [3.8, 4) is 5.75 Å². The van der Waals surface area contributed by atoms with E-state index in [1.54, 1.807) is 35.2 Å². The third-order valence-electron chi connectivity index (χ3n) is 4.26. The molecule has 0 radical (unpaired) electrons. The first-order valence-corrected chi connectivity index (χ1v) is 9.53. The maximum atomic E-state index is 12.7. The number of anilines is 1. The zero-order chi connectivity index (χ0) is 18.7. The standard InChI is InChI=1S/C18H20N2O5S/c1-24-16-5-3-4-6-17(16)26(22,23)19-15-8-7-13-9-10-20(18(21)25-2)12-14(13)11-15/h3-8,11,19H,9-10,12H2,1-2H3. The average Bonchev–Trinajstić information content (AvgIpc) is 2.66. The van der Waals surface area contributed by atoms with Crippen LogP contribution < -0.4 is 9.46 Å². The molecule has 0 aromatic heterocycles. The number of ether oxygens (including phenoxy) is 2. The number of amides is 1. The molecule has 1 N–H and O–H groups in total. The Hall–Kier alpha value is -2.74. The third-order valence-corrected chi connectivity index (χ3v) is 5.68. The molecule has 0 unspecified atom stereocenters. The highest BCUT2D eigenvalue weighted by Gasteiger charge is 2.23. The maximum Gasteiger partial charge on any atom is 0.409 e. The van der Waals surface area contributed by atoms with Crippen LogP contribution in [-0.2, 0) is 27.7 Å². The Kier molecular flexibility index (Phi) is 5.03. The van der Waals surface area contributed by atoms with Crippen LogP contribution in [0, 0.1) is 0 Å². The summed E-state index contributed by atoms with van der Waals surface area (Å²) in [6, 6.07) is 11.8. The summed E-state index contributed by atoms with van der Waals surface area (Å²) < 4.78 is 37.9. The van der Waals surface area contributed by atoms with E-state index in [-0.39, 0.29) is 10.6 Å². The van der Waals surface area contributed by atoms with Gasteiger partial charge in [0.2, 0.25) is 0 Å². The fourth-order valence-electron chi connectivity index (χ4n) is 2.96. The highest BCUT2D eigenvalue weighted by Crippen LogP contribution is 2.27. The molecule has 1 amide bonds. The number of carbonyl (C=O) groups excluding carboxylic acids is 1. The predicted octanol–water partition coefficient (Wildman–Crippen LogP) is 2.62. The van der Waals surface area contributed by atoms with Crippen molar-refractivity contribution in [2.75, 3.05) is 25.5 Å². The van der Waals surface area contributed by atoms with Gasteiger partial charge in [0, 0.05) is 18.8 Å². The number of para-hydroxylation sites is 1. The summed E-state index contributed by atoms with van der Waals surface area (Å²) in [7, 11) is -1.03. The molecule has 26 heavy (non-hydrogen) atoms. The second-order valence-electron chi connectivity index (χ2n) is 5.88. The van der Waals surface area contributed by atoms with Crippen LogP contribution in [0.4, 0.5) is 10.5 Å². The van der Waals surface area contributed by atoms with Crippen LogP contribution in [0.5, 0.6) is 5.75 Å². The van der Waals surface area contributed by atoms with Crippen molar-refractivity contribution in [2.45, 2.75) is 17.9 Å². The van der Waals surface area contributed by atoms with Gasteiger partial charge in [0.15, 0.2) is 0 Å². The lowest BCUT2D eigenvalue weighted by Gasteiger charge is -2.28. The van der Waals surface area contributed by atoms with Gasteiger partial charge in [-0.2, -0.15) is 0 Å². The van der Waals surface area contributed by atoms with Gasteiger partial charge in [-0.15, -0.1) is 0 Å². The van der Waals surface area contributed by atoms with Crippen LogP contribution in [0.3, 0.4) is 0 Å². The van der Waals surface area contributed by atoms with E-state index in [9.17, 15) is 13.2 Å². The lowest BCUT2D eigenvalue weighted by molar-refractivity contribution is 0.118. The minimum atomic E-state index is -3.80. The van der Waals surface area contributed by atoms with E-state index in [1.807, 2.05) is 6.07 Å². The molecule has 0 fully saturated rings. The fraction of sp³-hybridized carbons (Fsp3) is 0.278. The van der Waals surface area contributed by atoms with Gasteiger partial charge < -0.3 is 14.4 Å². The molecular formula is C18H20N2O5S. The van der Waals surface area contributed by atoms with E-state index in [0.717, 1.165) is 11.1 Å². The molecule has 1 aliphatic heterocycles. The van der Waals surface area contributed by atoms with E-state index in [1.165, 1.54) is 20.3 Å². The lowest BCUT2D eigenvalue weighted by atomic mass is 9.99. The van der Waals surface area contributed by atoms with Gasteiger partial charge in [-0.3, -0.25) is 4.72 Å². The Balaban J connectivity index is 1.86. The number of sulfonamides is 1. The van der Waals surface area contributed by atoms with Gasteiger partial charge in [-0.1, -0.05) is 18.2 Å². The molecule has 0 atom stereocenters. The quantitative estimate of drug-likeness (QED) is 0.887. The highest BCUT2D eigenvalue weighted by molar-refractivity contribution is 7.92. The number of rotatable bonds is 4. The number of fused-ring (bicyclic) bond motifs is 1. The van der Waals surface area contributed by atoms with Crippen molar-refractivity contribution in [3.05, 3.63) is 53.6 Å². The Morgan fingerprint density at radius 3 is 2.62 bits per heavy atom. The van der Waals surface area contributed by atoms with Gasteiger partial charge in [-0.25, -0.2) is 13.2 Å². The molecule has 8 heteroatoms. The Bertz CT molecular complexity index is 927. The number of hydrogen-bond acceptors (Lipinski definition) is 5. The van der Waals surface area contributed by atoms with Crippen molar-refractivity contribution in [1.29, 1.82) is 0 Å². The predicted molar refractivity (Wildman–Crippen MR) is 96.8 cm³/mol. The number of nitrogens with one attached hydrogen (secondary N) is 1. The summed E-state index contributed by atoms with van der Waals surface area (Å²) >= 11 is 0. The zero-order valence-corrected chi connectivity index (χ0v) is 15.4. The molecule has 2 aromatic rings. The molecule has 138 valence electrons. The number of benzene rings is 2. The van der Waals surface area contributed by atoms with Crippen molar-refractivity contribution in [3.63, 3.8) is 0 Å². The Morgan fingerprint density at radius 1 is 1.12 bits per heavy atom. The first kappa shape index (κ1) is 18.1. The van der Waals surface area contributed by atoms with Gasteiger partial charge in [-0.05, 0) is 41.8 Å². The first-order valence-electron chi connectivity index (χ1n) is 8.05. The summed E-state index contributed by atoms with van der Waals surface area (Å²) in [5, 5.41) is 0.